The molecular weight excluding hydrogens is 457 g/mol. The molecule has 0 saturated carbocycles. The van der Waals surface area contributed by atoms with Gasteiger partial charge in [0.15, 0.2) is 0 Å². The Labute approximate surface area is 193 Å². The minimum atomic E-state index is -0.530. The fourth-order valence-electron chi connectivity index (χ4n) is 2.92. The lowest BCUT2D eigenvalue weighted by atomic mass is 10.1. The molecule has 1 aromatic heterocycles. The number of nitrogens with one attached hydrogen (secondary N) is 2. The van der Waals surface area contributed by atoms with E-state index in [-0.39, 0.29) is 30.1 Å². The van der Waals surface area contributed by atoms with Gasteiger partial charge in [0, 0.05) is 11.3 Å². The summed E-state index contributed by atoms with van der Waals surface area (Å²) in [6.45, 7) is 1.42. The van der Waals surface area contributed by atoms with Crippen LogP contribution in [0.4, 0.5) is 5.69 Å². The molecular formula is C22H19Cl2N3O5. The molecule has 0 spiro atoms. The van der Waals surface area contributed by atoms with Crippen LogP contribution < -0.4 is 10.6 Å². The minimum Gasteiger partial charge on any atom is -0.468 e. The molecule has 0 bridgehead atoms. The Morgan fingerprint density at radius 1 is 1.06 bits per heavy atom. The number of esters is 1. The summed E-state index contributed by atoms with van der Waals surface area (Å²) in [7, 11) is 1.24. The zero-order valence-corrected chi connectivity index (χ0v) is 18.7. The van der Waals surface area contributed by atoms with Crippen LogP contribution >= 0.6 is 23.2 Å². The Balaban J connectivity index is 1.72. The molecule has 0 atom stereocenters. The Bertz CT molecular complexity index is 1140. The summed E-state index contributed by atoms with van der Waals surface area (Å²) in [5, 5.41) is 9.89. The molecule has 166 valence electrons. The van der Waals surface area contributed by atoms with E-state index >= 15 is 0 Å². The van der Waals surface area contributed by atoms with Gasteiger partial charge in [-0.15, -0.1) is 0 Å². The predicted octanol–water partition coefficient (Wildman–Crippen LogP) is 4.04. The van der Waals surface area contributed by atoms with E-state index in [2.05, 4.69) is 20.5 Å². The highest BCUT2D eigenvalue weighted by Gasteiger charge is 2.25. The lowest BCUT2D eigenvalue weighted by Crippen LogP contribution is -2.31. The molecule has 2 N–H and O–H groups in total. The fourth-order valence-corrected chi connectivity index (χ4v) is 3.50. The van der Waals surface area contributed by atoms with Gasteiger partial charge >= 0.3 is 5.97 Å². The molecule has 0 aliphatic heterocycles. The van der Waals surface area contributed by atoms with Gasteiger partial charge in [0.1, 0.15) is 23.6 Å². The SMILES string of the molecule is COC(=O)CNC(=O)Cc1ccc(NC(=O)c2c(-c3c(Cl)cccc3Cl)noc2C)cc1. The Kier molecular flexibility index (Phi) is 7.50. The van der Waals surface area contributed by atoms with Gasteiger partial charge in [-0.05, 0) is 36.8 Å². The van der Waals surface area contributed by atoms with E-state index in [1.807, 2.05) is 0 Å². The van der Waals surface area contributed by atoms with E-state index in [9.17, 15) is 14.4 Å². The molecule has 0 radical (unpaired) electrons. The number of hydrogen-bond donors (Lipinski definition) is 2. The maximum absolute atomic E-state index is 12.9. The van der Waals surface area contributed by atoms with Gasteiger partial charge in [-0.2, -0.15) is 0 Å². The highest BCUT2D eigenvalue weighted by atomic mass is 35.5. The first-order chi connectivity index (χ1) is 15.3. The lowest BCUT2D eigenvalue weighted by molar-refractivity contribution is -0.141. The van der Waals surface area contributed by atoms with Crippen molar-refractivity contribution in [3.63, 3.8) is 0 Å². The van der Waals surface area contributed by atoms with Gasteiger partial charge in [-0.1, -0.05) is 46.6 Å². The van der Waals surface area contributed by atoms with Gasteiger partial charge in [0.05, 0.1) is 23.6 Å². The molecule has 2 aromatic carbocycles. The molecule has 3 rings (SSSR count). The van der Waals surface area contributed by atoms with Crippen LogP contribution in [0.15, 0.2) is 47.0 Å². The largest absolute Gasteiger partial charge is 0.468 e. The second-order valence-electron chi connectivity index (χ2n) is 6.74. The maximum Gasteiger partial charge on any atom is 0.325 e. The predicted molar refractivity (Wildman–Crippen MR) is 120 cm³/mol. The molecule has 3 aromatic rings. The number of anilines is 1. The molecule has 10 heteroatoms. The number of amides is 2. The van der Waals surface area contributed by atoms with Crippen molar-refractivity contribution in [2.24, 2.45) is 0 Å². The molecule has 8 nitrogen and oxygen atoms in total. The number of methoxy groups -OCH3 is 1. The number of aromatic nitrogens is 1. The Hall–Kier alpha value is -3.36. The summed E-state index contributed by atoms with van der Waals surface area (Å²) < 4.78 is 9.70. The minimum absolute atomic E-state index is 0.0745. The van der Waals surface area contributed by atoms with Crippen LogP contribution in [-0.4, -0.2) is 36.6 Å². The molecule has 0 fully saturated rings. The monoisotopic (exact) mass is 475 g/mol. The first kappa shape index (κ1) is 23.3. The first-order valence-corrected chi connectivity index (χ1v) is 10.2. The van der Waals surface area contributed by atoms with Crippen molar-refractivity contribution < 1.29 is 23.6 Å². The van der Waals surface area contributed by atoms with E-state index in [1.54, 1.807) is 49.4 Å². The summed E-state index contributed by atoms with van der Waals surface area (Å²) in [6.07, 6.45) is 0.0745. The van der Waals surface area contributed by atoms with Gasteiger partial charge in [0.25, 0.3) is 5.91 Å². The Morgan fingerprint density at radius 3 is 2.34 bits per heavy atom. The van der Waals surface area contributed by atoms with Crippen LogP contribution in [0.5, 0.6) is 0 Å². The first-order valence-electron chi connectivity index (χ1n) is 9.44. The quantitative estimate of drug-likeness (QED) is 0.498. The van der Waals surface area contributed by atoms with Gasteiger partial charge in [-0.3, -0.25) is 14.4 Å². The number of carbonyl (C=O) groups is 3. The highest BCUT2D eigenvalue weighted by molar-refractivity contribution is 6.39. The second kappa shape index (κ2) is 10.3. The van der Waals surface area contributed by atoms with Crippen molar-refractivity contribution in [2.45, 2.75) is 13.3 Å². The number of aryl methyl sites for hydroxylation is 1. The average Bonchev–Trinajstić information content (AvgIpc) is 3.14. The molecule has 32 heavy (non-hydrogen) atoms. The molecule has 0 saturated heterocycles. The van der Waals surface area contributed by atoms with Crippen molar-refractivity contribution in [1.29, 1.82) is 0 Å². The normalized spacial score (nSPS) is 10.5. The summed E-state index contributed by atoms with van der Waals surface area (Å²) >= 11 is 12.5. The maximum atomic E-state index is 12.9. The van der Waals surface area contributed by atoms with Crippen LogP contribution in [0.3, 0.4) is 0 Å². The third-order valence-corrected chi connectivity index (χ3v) is 5.15. The van der Waals surface area contributed by atoms with Crippen LogP contribution in [0, 0.1) is 6.92 Å². The zero-order chi connectivity index (χ0) is 23.3. The summed E-state index contributed by atoms with van der Waals surface area (Å²) in [5.74, 6) is -0.989. The van der Waals surface area contributed by atoms with Gasteiger partial charge in [-0.25, -0.2) is 0 Å². The number of ether oxygens (including phenoxy) is 1. The highest BCUT2D eigenvalue weighted by Crippen LogP contribution is 2.37. The standard InChI is InChI=1S/C22H19Cl2N3O5/c1-12-19(21(27-32-12)20-15(23)4-3-5-16(20)24)22(30)26-14-8-6-13(7-9-14)10-17(28)25-11-18(29)31-2/h3-9H,10-11H2,1-2H3,(H,25,28)(H,26,30). The molecule has 0 aliphatic carbocycles. The number of nitrogens with zero attached hydrogens (tertiary/aromatic N) is 1. The number of carbonyl (C=O) groups excluding carboxylic acids is 3. The van der Waals surface area contributed by atoms with E-state index in [0.717, 1.165) is 0 Å². The van der Waals surface area contributed by atoms with Gasteiger partial charge in [0.2, 0.25) is 5.91 Å². The van der Waals surface area contributed by atoms with Crippen LogP contribution in [0.25, 0.3) is 11.3 Å². The lowest BCUT2D eigenvalue weighted by Gasteiger charge is -2.09. The van der Waals surface area contributed by atoms with E-state index < -0.39 is 11.9 Å². The number of benzene rings is 2. The third kappa shape index (κ3) is 5.46. The van der Waals surface area contributed by atoms with E-state index in [1.165, 1.54) is 7.11 Å². The second-order valence-corrected chi connectivity index (χ2v) is 7.55. The van der Waals surface area contributed by atoms with Crippen molar-refractivity contribution >= 4 is 46.7 Å². The van der Waals surface area contributed by atoms with Crippen LogP contribution in [0.1, 0.15) is 21.7 Å². The fraction of sp³-hybridized carbons (Fsp3) is 0.182. The van der Waals surface area contributed by atoms with Crippen LogP contribution in [-0.2, 0) is 20.7 Å². The van der Waals surface area contributed by atoms with E-state index in [4.69, 9.17) is 27.7 Å². The zero-order valence-electron chi connectivity index (χ0n) is 17.2. The Morgan fingerprint density at radius 2 is 1.72 bits per heavy atom. The molecule has 2 amide bonds. The van der Waals surface area contributed by atoms with Crippen LogP contribution in [0.2, 0.25) is 10.0 Å². The van der Waals surface area contributed by atoms with Crippen molar-refractivity contribution in [2.75, 3.05) is 19.0 Å². The third-order valence-electron chi connectivity index (χ3n) is 4.52. The topological polar surface area (TPSA) is 111 Å². The summed E-state index contributed by atoms with van der Waals surface area (Å²) in [5.41, 5.74) is 2.08. The molecule has 0 aliphatic rings. The molecule has 0 unspecified atom stereocenters. The number of hydrogen-bond acceptors (Lipinski definition) is 6. The number of rotatable bonds is 7. The number of halogens is 2. The molecule has 1 heterocycles. The van der Waals surface area contributed by atoms with Crippen molar-refractivity contribution in [3.05, 3.63) is 69.4 Å². The summed E-state index contributed by atoms with van der Waals surface area (Å²) in [6, 6.07) is 11.7. The average molecular weight is 476 g/mol. The summed E-state index contributed by atoms with van der Waals surface area (Å²) in [4.78, 5) is 35.9. The smallest absolute Gasteiger partial charge is 0.325 e. The van der Waals surface area contributed by atoms with E-state index in [0.29, 0.717) is 32.6 Å². The van der Waals surface area contributed by atoms with Crippen molar-refractivity contribution in [1.82, 2.24) is 10.5 Å². The van der Waals surface area contributed by atoms with Crippen molar-refractivity contribution in [3.8, 4) is 11.3 Å². The van der Waals surface area contributed by atoms with Gasteiger partial charge < -0.3 is 19.9 Å².